The van der Waals surface area contributed by atoms with E-state index in [1.165, 1.54) is 0 Å². The standard InChI is InChI=1S/C9H14N4O/c14-9(7-2-1-3-10-7)13-6-8-11-4-5-12-8/h4-5,7,10H,1-3,6H2,(H,11,12)(H,13,14). The van der Waals surface area contributed by atoms with Gasteiger partial charge in [-0.1, -0.05) is 0 Å². The maximum Gasteiger partial charge on any atom is 0.237 e. The molecule has 0 aromatic carbocycles. The zero-order valence-electron chi connectivity index (χ0n) is 7.92. The first-order valence-corrected chi connectivity index (χ1v) is 4.85. The van der Waals surface area contributed by atoms with E-state index in [9.17, 15) is 4.79 Å². The van der Waals surface area contributed by atoms with E-state index in [-0.39, 0.29) is 11.9 Å². The molecular weight excluding hydrogens is 180 g/mol. The van der Waals surface area contributed by atoms with Crippen LogP contribution in [-0.2, 0) is 11.3 Å². The molecule has 0 saturated carbocycles. The van der Waals surface area contributed by atoms with Crippen molar-refractivity contribution in [2.75, 3.05) is 6.54 Å². The Morgan fingerprint density at radius 2 is 2.64 bits per heavy atom. The van der Waals surface area contributed by atoms with Gasteiger partial charge in [-0.2, -0.15) is 0 Å². The summed E-state index contributed by atoms with van der Waals surface area (Å²) in [7, 11) is 0. The summed E-state index contributed by atoms with van der Waals surface area (Å²) in [5, 5.41) is 5.98. The van der Waals surface area contributed by atoms with Gasteiger partial charge in [0.15, 0.2) is 0 Å². The molecule has 0 spiro atoms. The molecule has 5 heteroatoms. The minimum absolute atomic E-state index is 0.00929. The quantitative estimate of drug-likeness (QED) is 0.623. The van der Waals surface area contributed by atoms with E-state index < -0.39 is 0 Å². The SMILES string of the molecule is O=C(NCc1ncc[nH]1)C1CCCN1. The van der Waals surface area contributed by atoms with Gasteiger partial charge in [0.1, 0.15) is 5.82 Å². The van der Waals surface area contributed by atoms with E-state index in [4.69, 9.17) is 0 Å². The highest BCUT2D eigenvalue weighted by Crippen LogP contribution is 2.04. The maximum absolute atomic E-state index is 11.5. The van der Waals surface area contributed by atoms with Gasteiger partial charge in [-0.05, 0) is 19.4 Å². The Labute approximate surface area is 82.3 Å². The summed E-state index contributed by atoms with van der Waals surface area (Å²) in [4.78, 5) is 18.5. The number of imidazole rings is 1. The fourth-order valence-electron chi connectivity index (χ4n) is 1.60. The first-order chi connectivity index (χ1) is 6.86. The normalized spacial score (nSPS) is 21.0. The highest BCUT2D eigenvalue weighted by Gasteiger charge is 2.21. The Hall–Kier alpha value is -1.36. The molecule has 2 heterocycles. The van der Waals surface area contributed by atoms with E-state index in [2.05, 4.69) is 20.6 Å². The Kier molecular flexibility index (Phi) is 2.78. The van der Waals surface area contributed by atoms with Crippen LogP contribution in [0.1, 0.15) is 18.7 Å². The van der Waals surface area contributed by atoms with E-state index in [0.717, 1.165) is 25.2 Å². The maximum atomic E-state index is 11.5. The lowest BCUT2D eigenvalue weighted by molar-refractivity contribution is -0.122. The Morgan fingerprint density at radius 3 is 3.29 bits per heavy atom. The number of nitrogens with one attached hydrogen (secondary N) is 3. The number of aromatic amines is 1. The summed E-state index contributed by atoms with van der Waals surface area (Å²) >= 11 is 0. The zero-order chi connectivity index (χ0) is 9.80. The molecule has 1 unspecified atom stereocenters. The van der Waals surface area contributed by atoms with Gasteiger partial charge in [0.05, 0.1) is 12.6 Å². The van der Waals surface area contributed by atoms with Crippen molar-refractivity contribution in [3.8, 4) is 0 Å². The molecule has 76 valence electrons. The van der Waals surface area contributed by atoms with Gasteiger partial charge in [0, 0.05) is 12.4 Å². The van der Waals surface area contributed by atoms with Gasteiger partial charge in [-0.25, -0.2) is 4.98 Å². The van der Waals surface area contributed by atoms with Gasteiger partial charge in [-0.15, -0.1) is 0 Å². The van der Waals surface area contributed by atoms with Crippen molar-refractivity contribution in [2.45, 2.75) is 25.4 Å². The second-order valence-electron chi connectivity index (χ2n) is 3.40. The van der Waals surface area contributed by atoms with Crippen molar-refractivity contribution in [1.82, 2.24) is 20.6 Å². The molecule has 1 amide bonds. The summed E-state index contributed by atoms with van der Waals surface area (Å²) in [6.07, 6.45) is 5.44. The summed E-state index contributed by atoms with van der Waals surface area (Å²) in [5.74, 6) is 0.857. The van der Waals surface area contributed by atoms with Gasteiger partial charge < -0.3 is 15.6 Å². The molecule has 3 N–H and O–H groups in total. The number of carbonyl (C=O) groups excluding carboxylic acids is 1. The van der Waals surface area contributed by atoms with Crippen LogP contribution in [0.3, 0.4) is 0 Å². The van der Waals surface area contributed by atoms with Crippen LogP contribution in [0.15, 0.2) is 12.4 Å². The second-order valence-corrected chi connectivity index (χ2v) is 3.40. The molecule has 1 atom stereocenters. The van der Waals surface area contributed by atoms with Crippen LogP contribution in [0, 0.1) is 0 Å². The largest absolute Gasteiger partial charge is 0.348 e. The fourth-order valence-corrected chi connectivity index (χ4v) is 1.60. The number of carbonyl (C=O) groups is 1. The number of H-pyrrole nitrogens is 1. The molecule has 2 rings (SSSR count). The van der Waals surface area contributed by atoms with Crippen LogP contribution in [0.25, 0.3) is 0 Å². The predicted octanol–water partition coefficient (Wildman–Crippen LogP) is -0.222. The molecule has 14 heavy (non-hydrogen) atoms. The molecule has 0 aliphatic carbocycles. The van der Waals surface area contributed by atoms with Crippen molar-refractivity contribution >= 4 is 5.91 Å². The van der Waals surface area contributed by atoms with Crippen LogP contribution in [0.4, 0.5) is 0 Å². The lowest BCUT2D eigenvalue weighted by atomic mass is 10.2. The number of amides is 1. The third kappa shape index (κ3) is 2.11. The minimum atomic E-state index is -0.00929. The molecule has 1 saturated heterocycles. The topological polar surface area (TPSA) is 69.8 Å². The first kappa shape index (κ1) is 9.21. The van der Waals surface area contributed by atoms with Crippen LogP contribution in [0.5, 0.6) is 0 Å². The molecular formula is C9H14N4O. The van der Waals surface area contributed by atoms with E-state index in [1.807, 2.05) is 0 Å². The fraction of sp³-hybridized carbons (Fsp3) is 0.556. The van der Waals surface area contributed by atoms with Gasteiger partial charge in [0.2, 0.25) is 5.91 Å². The smallest absolute Gasteiger partial charge is 0.237 e. The van der Waals surface area contributed by atoms with Gasteiger partial charge in [-0.3, -0.25) is 4.79 Å². The third-order valence-corrected chi connectivity index (χ3v) is 2.36. The van der Waals surface area contributed by atoms with Crippen LogP contribution in [-0.4, -0.2) is 28.5 Å². The van der Waals surface area contributed by atoms with E-state index in [0.29, 0.717) is 6.54 Å². The Morgan fingerprint density at radius 1 is 1.71 bits per heavy atom. The van der Waals surface area contributed by atoms with Crippen LogP contribution < -0.4 is 10.6 Å². The molecule has 1 aliphatic heterocycles. The summed E-state index contributed by atoms with van der Waals surface area (Å²) < 4.78 is 0. The van der Waals surface area contributed by atoms with Crippen molar-refractivity contribution in [2.24, 2.45) is 0 Å². The summed E-state index contributed by atoms with van der Waals surface area (Å²) in [5.41, 5.74) is 0. The molecule has 1 aromatic rings. The molecule has 0 bridgehead atoms. The average molecular weight is 194 g/mol. The number of hydrogen-bond acceptors (Lipinski definition) is 3. The monoisotopic (exact) mass is 194 g/mol. The number of hydrogen-bond donors (Lipinski definition) is 3. The van der Waals surface area contributed by atoms with E-state index >= 15 is 0 Å². The Balaban J connectivity index is 1.77. The summed E-state index contributed by atoms with van der Waals surface area (Å²) in [6, 6.07) is -0.00929. The molecule has 1 fully saturated rings. The highest BCUT2D eigenvalue weighted by molar-refractivity contribution is 5.81. The average Bonchev–Trinajstić information content (AvgIpc) is 2.87. The van der Waals surface area contributed by atoms with Crippen molar-refractivity contribution < 1.29 is 4.79 Å². The predicted molar refractivity (Wildman–Crippen MR) is 51.5 cm³/mol. The number of rotatable bonds is 3. The molecule has 1 aliphatic rings. The Bertz CT molecular complexity index is 290. The van der Waals surface area contributed by atoms with Crippen LogP contribution >= 0.6 is 0 Å². The molecule has 0 radical (unpaired) electrons. The van der Waals surface area contributed by atoms with Gasteiger partial charge >= 0.3 is 0 Å². The van der Waals surface area contributed by atoms with Crippen molar-refractivity contribution in [3.63, 3.8) is 0 Å². The number of nitrogens with zero attached hydrogens (tertiary/aromatic N) is 1. The number of aromatic nitrogens is 2. The lowest BCUT2D eigenvalue weighted by Gasteiger charge is -2.09. The molecule has 5 nitrogen and oxygen atoms in total. The summed E-state index contributed by atoms with van der Waals surface area (Å²) in [6.45, 7) is 1.42. The van der Waals surface area contributed by atoms with Crippen molar-refractivity contribution in [3.05, 3.63) is 18.2 Å². The van der Waals surface area contributed by atoms with Gasteiger partial charge in [0.25, 0.3) is 0 Å². The first-order valence-electron chi connectivity index (χ1n) is 4.85. The molecule has 1 aromatic heterocycles. The third-order valence-electron chi connectivity index (χ3n) is 2.36. The highest BCUT2D eigenvalue weighted by atomic mass is 16.2. The van der Waals surface area contributed by atoms with E-state index in [1.54, 1.807) is 12.4 Å². The second kappa shape index (κ2) is 4.23. The zero-order valence-corrected chi connectivity index (χ0v) is 7.92. The minimum Gasteiger partial charge on any atom is -0.348 e. The van der Waals surface area contributed by atoms with Crippen LogP contribution in [0.2, 0.25) is 0 Å². The van der Waals surface area contributed by atoms with Crippen molar-refractivity contribution in [1.29, 1.82) is 0 Å². The lowest BCUT2D eigenvalue weighted by Crippen LogP contribution is -2.40.